The fourth-order valence-electron chi connectivity index (χ4n) is 1.89. The smallest absolute Gasteiger partial charge is 0.308 e. The predicted octanol–water partition coefficient (Wildman–Crippen LogP) is 1.01. The molecule has 2 N–H and O–H groups in total. The van der Waals surface area contributed by atoms with Crippen molar-refractivity contribution >= 4 is 11.9 Å². The molecule has 0 radical (unpaired) electrons. The molecule has 0 saturated carbocycles. The molecule has 1 aliphatic rings. The summed E-state index contributed by atoms with van der Waals surface area (Å²) in [6, 6.07) is -0.186. The normalized spacial score (nSPS) is 27.5. The van der Waals surface area contributed by atoms with Crippen molar-refractivity contribution in [2.45, 2.75) is 39.2 Å². The van der Waals surface area contributed by atoms with Crippen LogP contribution < -0.4 is 5.32 Å². The van der Waals surface area contributed by atoms with Crippen LogP contribution in [0.4, 0.5) is 0 Å². The SMILES string of the molecule is CC(C)C[C@@H]1NC(=O)CC[C@H]1C(=O)O. The van der Waals surface area contributed by atoms with Crippen molar-refractivity contribution in [2.75, 3.05) is 0 Å². The monoisotopic (exact) mass is 199 g/mol. The molecule has 0 unspecified atom stereocenters. The Kier molecular flexibility index (Phi) is 3.49. The minimum Gasteiger partial charge on any atom is -0.481 e. The molecule has 0 aromatic carbocycles. The molecule has 0 bridgehead atoms. The predicted molar refractivity (Wildman–Crippen MR) is 51.7 cm³/mol. The van der Waals surface area contributed by atoms with Gasteiger partial charge in [-0.3, -0.25) is 9.59 Å². The van der Waals surface area contributed by atoms with Crippen molar-refractivity contribution < 1.29 is 14.7 Å². The molecule has 1 fully saturated rings. The van der Waals surface area contributed by atoms with Crippen LogP contribution in [0.25, 0.3) is 0 Å². The first-order valence-corrected chi connectivity index (χ1v) is 5.03. The average Bonchev–Trinajstić information content (AvgIpc) is 2.01. The lowest BCUT2D eigenvalue weighted by atomic mass is 9.85. The summed E-state index contributed by atoms with van der Waals surface area (Å²) in [5.74, 6) is -0.820. The van der Waals surface area contributed by atoms with Crippen molar-refractivity contribution in [2.24, 2.45) is 11.8 Å². The number of carbonyl (C=O) groups is 2. The van der Waals surface area contributed by atoms with Gasteiger partial charge in [0, 0.05) is 12.5 Å². The van der Waals surface area contributed by atoms with Gasteiger partial charge >= 0.3 is 5.97 Å². The lowest BCUT2D eigenvalue weighted by molar-refractivity contribution is -0.145. The fraction of sp³-hybridized carbons (Fsp3) is 0.800. The van der Waals surface area contributed by atoms with Crippen LogP contribution in [0.1, 0.15) is 33.1 Å². The fourth-order valence-corrected chi connectivity index (χ4v) is 1.89. The molecule has 80 valence electrons. The highest BCUT2D eigenvalue weighted by Gasteiger charge is 2.33. The first-order valence-electron chi connectivity index (χ1n) is 5.03. The molecule has 1 saturated heterocycles. The number of carboxylic acids is 1. The Morgan fingerprint density at radius 1 is 1.64 bits per heavy atom. The molecular weight excluding hydrogens is 182 g/mol. The molecule has 1 heterocycles. The maximum Gasteiger partial charge on any atom is 0.308 e. The van der Waals surface area contributed by atoms with E-state index in [9.17, 15) is 9.59 Å². The summed E-state index contributed by atoms with van der Waals surface area (Å²) in [4.78, 5) is 22.0. The van der Waals surface area contributed by atoms with Crippen LogP contribution in [0.2, 0.25) is 0 Å². The third-order valence-electron chi connectivity index (χ3n) is 2.56. The average molecular weight is 199 g/mol. The van der Waals surface area contributed by atoms with Gasteiger partial charge in [0.2, 0.25) is 5.91 Å². The van der Waals surface area contributed by atoms with Gasteiger partial charge in [-0.1, -0.05) is 13.8 Å². The first-order chi connectivity index (χ1) is 6.50. The minimum atomic E-state index is -0.796. The number of carboxylic acid groups (broad SMARTS) is 1. The summed E-state index contributed by atoms with van der Waals surface area (Å²) in [6.07, 6.45) is 1.55. The number of piperidine rings is 1. The van der Waals surface area contributed by atoms with Crippen LogP contribution in [-0.2, 0) is 9.59 Å². The molecular formula is C10H17NO3. The molecule has 1 amide bonds. The highest BCUT2D eigenvalue weighted by atomic mass is 16.4. The Bertz CT molecular complexity index is 238. The molecule has 14 heavy (non-hydrogen) atoms. The van der Waals surface area contributed by atoms with Crippen LogP contribution in [-0.4, -0.2) is 23.0 Å². The van der Waals surface area contributed by atoms with E-state index in [0.29, 0.717) is 18.8 Å². The lowest BCUT2D eigenvalue weighted by Gasteiger charge is -2.30. The van der Waals surface area contributed by atoms with E-state index in [0.717, 1.165) is 6.42 Å². The van der Waals surface area contributed by atoms with Crippen LogP contribution >= 0.6 is 0 Å². The topological polar surface area (TPSA) is 66.4 Å². The molecule has 0 aromatic heterocycles. The Labute approximate surface area is 83.7 Å². The zero-order chi connectivity index (χ0) is 10.7. The lowest BCUT2D eigenvalue weighted by Crippen LogP contribution is -2.48. The van der Waals surface area contributed by atoms with Crippen LogP contribution in [0, 0.1) is 11.8 Å². The maximum atomic E-state index is 11.1. The van der Waals surface area contributed by atoms with E-state index in [1.165, 1.54) is 0 Å². The van der Waals surface area contributed by atoms with Gasteiger partial charge < -0.3 is 10.4 Å². The Morgan fingerprint density at radius 2 is 2.29 bits per heavy atom. The Balaban J connectivity index is 2.63. The highest BCUT2D eigenvalue weighted by Crippen LogP contribution is 2.22. The number of nitrogens with one attached hydrogen (secondary N) is 1. The van der Waals surface area contributed by atoms with Gasteiger partial charge in [0.1, 0.15) is 0 Å². The van der Waals surface area contributed by atoms with E-state index in [-0.39, 0.29) is 11.9 Å². The Hall–Kier alpha value is -1.06. The van der Waals surface area contributed by atoms with Crippen LogP contribution in [0.15, 0.2) is 0 Å². The van der Waals surface area contributed by atoms with Gasteiger partial charge in [-0.15, -0.1) is 0 Å². The van der Waals surface area contributed by atoms with Gasteiger partial charge in [-0.2, -0.15) is 0 Å². The van der Waals surface area contributed by atoms with Crippen molar-refractivity contribution in [3.05, 3.63) is 0 Å². The van der Waals surface area contributed by atoms with Crippen molar-refractivity contribution in [3.8, 4) is 0 Å². The molecule has 2 atom stereocenters. The van der Waals surface area contributed by atoms with Crippen LogP contribution in [0.5, 0.6) is 0 Å². The summed E-state index contributed by atoms with van der Waals surface area (Å²) in [5, 5.41) is 11.7. The Morgan fingerprint density at radius 3 is 2.79 bits per heavy atom. The standard InChI is InChI=1S/C10H17NO3/c1-6(2)5-8-7(10(13)14)3-4-9(12)11-8/h6-8H,3-5H2,1-2H3,(H,11,12)(H,13,14)/t7-,8+/m1/s1. The van der Waals surface area contributed by atoms with Gasteiger partial charge in [0.05, 0.1) is 5.92 Å². The van der Waals surface area contributed by atoms with Gasteiger partial charge in [0.15, 0.2) is 0 Å². The summed E-state index contributed by atoms with van der Waals surface area (Å²) < 4.78 is 0. The molecule has 1 aliphatic heterocycles. The second-order valence-corrected chi connectivity index (χ2v) is 4.29. The molecule has 4 heteroatoms. The molecule has 0 aromatic rings. The van der Waals surface area contributed by atoms with E-state index in [1.54, 1.807) is 0 Å². The third-order valence-corrected chi connectivity index (χ3v) is 2.56. The second kappa shape index (κ2) is 4.44. The quantitative estimate of drug-likeness (QED) is 0.713. The van der Waals surface area contributed by atoms with Crippen LogP contribution in [0.3, 0.4) is 0 Å². The first kappa shape index (κ1) is 11.0. The summed E-state index contributed by atoms with van der Waals surface area (Å²) in [5.41, 5.74) is 0. The zero-order valence-corrected chi connectivity index (χ0v) is 8.62. The van der Waals surface area contributed by atoms with E-state index in [1.807, 2.05) is 13.8 Å². The minimum absolute atomic E-state index is 0.0202. The molecule has 0 aliphatic carbocycles. The third kappa shape index (κ3) is 2.72. The van der Waals surface area contributed by atoms with Crippen molar-refractivity contribution in [1.82, 2.24) is 5.32 Å². The van der Waals surface area contributed by atoms with E-state index in [4.69, 9.17) is 5.11 Å². The number of aliphatic carboxylic acids is 1. The van der Waals surface area contributed by atoms with E-state index >= 15 is 0 Å². The largest absolute Gasteiger partial charge is 0.481 e. The highest BCUT2D eigenvalue weighted by molar-refractivity contribution is 5.81. The summed E-state index contributed by atoms with van der Waals surface area (Å²) in [6.45, 7) is 4.05. The number of amides is 1. The van der Waals surface area contributed by atoms with E-state index < -0.39 is 11.9 Å². The number of carbonyl (C=O) groups excluding carboxylic acids is 1. The number of rotatable bonds is 3. The zero-order valence-electron chi connectivity index (χ0n) is 8.62. The molecule has 0 spiro atoms. The second-order valence-electron chi connectivity index (χ2n) is 4.29. The summed E-state index contributed by atoms with van der Waals surface area (Å²) in [7, 11) is 0. The van der Waals surface area contributed by atoms with Gasteiger partial charge in [0.25, 0.3) is 0 Å². The van der Waals surface area contributed by atoms with E-state index in [2.05, 4.69) is 5.32 Å². The molecule has 4 nitrogen and oxygen atoms in total. The molecule has 1 rings (SSSR count). The van der Waals surface area contributed by atoms with Gasteiger partial charge in [-0.25, -0.2) is 0 Å². The van der Waals surface area contributed by atoms with Gasteiger partial charge in [-0.05, 0) is 18.8 Å². The number of hydrogen-bond acceptors (Lipinski definition) is 2. The maximum absolute atomic E-state index is 11.1. The summed E-state index contributed by atoms with van der Waals surface area (Å²) >= 11 is 0. The van der Waals surface area contributed by atoms with Crippen molar-refractivity contribution in [1.29, 1.82) is 0 Å². The number of hydrogen-bond donors (Lipinski definition) is 2. The van der Waals surface area contributed by atoms with Crippen molar-refractivity contribution in [3.63, 3.8) is 0 Å².